The van der Waals surface area contributed by atoms with Crippen molar-refractivity contribution in [3.8, 4) is 17.2 Å². The van der Waals surface area contributed by atoms with E-state index in [-0.39, 0.29) is 5.75 Å². The molecule has 1 aromatic heterocycles. The fourth-order valence-corrected chi connectivity index (χ4v) is 2.57. The van der Waals surface area contributed by atoms with Crippen molar-refractivity contribution in [1.82, 2.24) is 10.1 Å². The molecule has 0 unspecified atom stereocenters. The summed E-state index contributed by atoms with van der Waals surface area (Å²) in [5.41, 5.74) is 2.59. The van der Waals surface area contributed by atoms with E-state index < -0.39 is 0 Å². The van der Waals surface area contributed by atoms with Crippen LogP contribution in [0.2, 0.25) is 0 Å². The number of rotatable bonds is 3. The van der Waals surface area contributed by atoms with E-state index in [0.717, 1.165) is 21.2 Å². The predicted molar refractivity (Wildman–Crippen MR) is 83.1 cm³/mol. The van der Waals surface area contributed by atoms with Gasteiger partial charge in [0.1, 0.15) is 5.75 Å². The van der Waals surface area contributed by atoms with Crippen molar-refractivity contribution in [2.75, 3.05) is 0 Å². The number of benzene rings is 2. The maximum atomic E-state index is 9.74. The smallest absolute Gasteiger partial charge is 0.258 e. The second kappa shape index (κ2) is 5.69. The van der Waals surface area contributed by atoms with Gasteiger partial charge >= 0.3 is 0 Å². The summed E-state index contributed by atoms with van der Waals surface area (Å²) in [7, 11) is 0. The molecule has 4 nitrogen and oxygen atoms in total. The Morgan fingerprint density at radius 1 is 1.19 bits per heavy atom. The summed E-state index contributed by atoms with van der Waals surface area (Å²) in [5, 5.41) is 13.7. The van der Waals surface area contributed by atoms with Crippen LogP contribution in [0.4, 0.5) is 0 Å². The molecule has 5 heteroatoms. The zero-order valence-electron chi connectivity index (χ0n) is 11.4. The van der Waals surface area contributed by atoms with Crippen molar-refractivity contribution >= 4 is 15.9 Å². The highest BCUT2D eigenvalue weighted by Gasteiger charge is 2.13. The fraction of sp³-hybridized carbons (Fsp3) is 0.125. The van der Waals surface area contributed by atoms with Crippen molar-refractivity contribution in [1.29, 1.82) is 0 Å². The molecule has 0 aliphatic rings. The largest absolute Gasteiger partial charge is 0.508 e. The number of nitrogens with zero attached hydrogens (tertiary/aromatic N) is 2. The van der Waals surface area contributed by atoms with Crippen LogP contribution in [0.15, 0.2) is 51.5 Å². The van der Waals surface area contributed by atoms with Crippen molar-refractivity contribution in [3.63, 3.8) is 0 Å². The highest BCUT2D eigenvalue weighted by Crippen LogP contribution is 2.28. The predicted octanol–water partition coefficient (Wildman–Crippen LogP) is 4.10. The van der Waals surface area contributed by atoms with Crippen LogP contribution in [0.1, 0.15) is 17.0 Å². The third-order valence-corrected chi connectivity index (χ3v) is 3.75. The van der Waals surface area contributed by atoms with Gasteiger partial charge in [0.05, 0.1) is 0 Å². The van der Waals surface area contributed by atoms with E-state index >= 15 is 0 Å². The third-order valence-electron chi connectivity index (χ3n) is 3.25. The van der Waals surface area contributed by atoms with Gasteiger partial charge in [-0.3, -0.25) is 0 Å². The molecule has 21 heavy (non-hydrogen) atoms. The Morgan fingerprint density at radius 3 is 2.81 bits per heavy atom. The zero-order valence-corrected chi connectivity index (χ0v) is 13.0. The maximum absolute atomic E-state index is 9.74. The second-order valence-electron chi connectivity index (χ2n) is 4.77. The van der Waals surface area contributed by atoms with Crippen LogP contribution in [0.5, 0.6) is 5.75 Å². The monoisotopic (exact) mass is 344 g/mol. The van der Waals surface area contributed by atoms with Crippen molar-refractivity contribution in [2.45, 2.75) is 13.3 Å². The molecule has 0 atom stereocenters. The van der Waals surface area contributed by atoms with Crippen molar-refractivity contribution in [3.05, 3.63) is 63.9 Å². The first-order valence-corrected chi connectivity index (χ1v) is 7.29. The molecule has 0 amide bonds. The summed E-state index contributed by atoms with van der Waals surface area (Å²) in [4.78, 5) is 4.40. The van der Waals surface area contributed by atoms with Gasteiger partial charge in [0.25, 0.3) is 5.89 Å². The molecule has 0 saturated carbocycles. The molecule has 2 aromatic carbocycles. The van der Waals surface area contributed by atoms with Crippen LogP contribution in [-0.4, -0.2) is 15.2 Å². The quantitative estimate of drug-likeness (QED) is 0.776. The number of hydrogen-bond acceptors (Lipinski definition) is 4. The van der Waals surface area contributed by atoms with Crippen LogP contribution in [0.25, 0.3) is 11.5 Å². The van der Waals surface area contributed by atoms with Gasteiger partial charge in [-0.05, 0) is 36.8 Å². The minimum absolute atomic E-state index is 0.222. The van der Waals surface area contributed by atoms with Crippen LogP contribution in [0, 0.1) is 6.92 Å². The average Bonchev–Trinajstić information content (AvgIpc) is 2.90. The third kappa shape index (κ3) is 2.97. The zero-order chi connectivity index (χ0) is 14.8. The first kappa shape index (κ1) is 13.8. The molecular formula is C16H13BrN2O2. The molecule has 0 spiro atoms. The molecule has 0 aliphatic carbocycles. The molecule has 1 N–H and O–H groups in total. The summed E-state index contributed by atoms with van der Waals surface area (Å²) in [5.74, 6) is 1.26. The molecular weight excluding hydrogens is 332 g/mol. The van der Waals surface area contributed by atoms with E-state index in [1.165, 1.54) is 0 Å². The lowest BCUT2D eigenvalue weighted by Crippen LogP contribution is -1.91. The Bertz CT molecular complexity index is 783. The standard InChI is InChI=1S/C16H13BrN2O2/c1-10-13(6-3-7-14(10)20)16-18-15(19-21-16)9-11-4-2-5-12(17)8-11/h2-8,20H,9H2,1H3. The van der Waals surface area contributed by atoms with Crippen molar-refractivity contribution < 1.29 is 9.63 Å². The second-order valence-corrected chi connectivity index (χ2v) is 5.69. The van der Waals surface area contributed by atoms with E-state index in [1.807, 2.05) is 37.3 Å². The van der Waals surface area contributed by atoms with Crippen LogP contribution >= 0.6 is 15.9 Å². The lowest BCUT2D eigenvalue weighted by Gasteiger charge is -2.02. The van der Waals surface area contributed by atoms with E-state index in [1.54, 1.807) is 12.1 Å². The number of phenols is 1. The summed E-state index contributed by atoms with van der Waals surface area (Å²) in [6.45, 7) is 1.82. The number of hydrogen-bond donors (Lipinski definition) is 1. The molecule has 1 heterocycles. The molecule has 0 radical (unpaired) electrons. The lowest BCUT2D eigenvalue weighted by molar-refractivity contribution is 0.422. The van der Waals surface area contributed by atoms with Gasteiger partial charge in [-0.2, -0.15) is 4.98 Å². The van der Waals surface area contributed by atoms with E-state index in [0.29, 0.717) is 18.1 Å². The normalized spacial score (nSPS) is 10.8. The Hall–Kier alpha value is -2.14. The van der Waals surface area contributed by atoms with E-state index in [2.05, 4.69) is 26.1 Å². The Kier molecular flexibility index (Phi) is 3.75. The summed E-state index contributed by atoms with van der Waals surface area (Å²) in [6, 6.07) is 13.2. The molecule has 0 fully saturated rings. The summed E-state index contributed by atoms with van der Waals surface area (Å²) in [6.07, 6.45) is 0.598. The highest BCUT2D eigenvalue weighted by atomic mass is 79.9. The number of aromatic nitrogens is 2. The number of halogens is 1. The average molecular weight is 345 g/mol. The fourth-order valence-electron chi connectivity index (χ4n) is 2.12. The van der Waals surface area contributed by atoms with Gasteiger partial charge < -0.3 is 9.63 Å². The summed E-state index contributed by atoms with van der Waals surface area (Å²) >= 11 is 3.44. The lowest BCUT2D eigenvalue weighted by atomic mass is 10.1. The van der Waals surface area contributed by atoms with E-state index in [4.69, 9.17) is 4.52 Å². The molecule has 106 valence electrons. The van der Waals surface area contributed by atoms with Crippen molar-refractivity contribution in [2.24, 2.45) is 0 Å². The Labute approximate surface area is 130 Å². The Balaban J connectivity index is 1.88. The highest BCUT2D eigenvalue weighted by molar-refractivity contribution is 9.10. The minimum atomic E-state index is 0.222. The summed E-state index contributed by atoms with van der Waals surface area (Å²) < 4.78 is 6.33. The van der Waals surface area contributed by atoms with Gasteiger partial charge in [0.15, 0.2) is 5.82 Å². The molecule has 3 rings (SSSR count). The van der Waals surface area contributed by atoms with Gasteiger partial charge in [-0.1, -0.05) is 39.3 Å². The van der Waals surface area contributed by atoms with Crippen LogP contribution in [-0.2, 0) is 6.42 Å². The van der Waals surface area contributed by atoms with E-state index in [9.17, 15) is 5.11 Å². The number of aromatic hydroxyl groups is 1. The molecule has 3 aromatic rings. The maximum Gasteiger partial charge on any atom is 0.258 e. The SMILES string of the molecule is Cc1c(O)cccc1-c1nc(Cc2cccc(Br)c2)no1. The Morgan fingerprint density at radius 2 is 2.00 bits per heavy atom. The topological polar surface area (TPSA) is 59.2 Å². The molecule has 0 saturated heterocycles. The first-order valence-electron chi connectivity index (χ1n) is 6.49. The first-order chi connectivity index (χ1) is 10.1. The van der Waals surface area contributed by atoms with Gasteiger partial charge in [0.2, 0.25) is 0 Å². The minimum Gasteiger partial charge on any atom is -0.508 e. The molecule has 0 aliphatic heterocycles. The number of phenolic OH excluding ortho intramolecular Hbond substituents is 1. The van der Waals surface area contributed by atoms with Gasteiger partial charge in [-0.15, -0.1) is 0 Å². The van der Waals surface area contributed by atoms with Crippen LogP contribution < -0.4 is 0 Å². The van der Waals surface area contributed by atoms with Crippen LogP contribution in [0.3, 0.4) is 0 Å². The van der Waals surface area contributed by atoms with Gasteiger partial charge in [-0.25, -0.2) is 0 Å². The van der Waals surface area contributed by atoms with Gasteiger partial charge in [0, 0.05) is 22.0 Å². The molecule has 0 bridgehead atoms.